The Labute approximate surface area is 221 Å². The third kappa shape index (κ3) is 6.53. The molecule has 1 saturated heterocycles. The van der Waals surface area contributed by atoms with Crippen molar-refractivity contribution in [1.29, 1.82) is 0 Å². The molecule has 0 radical (unpaired) electrons. The first-order valence-electron chi connectivity index (χ1n) is 12.5. The molecule has 1 N–H and O–H groups in total. The fraction of sp³-hybridized carbons (Fsp3) is 0.276. The van der Waals surface area contributed by atoms with E-state index in [-0.39, 0.29) is 5.91 Å². The van der Waals surface area contributed by atoms with Crippen molar-refractivity contribution in [2.45, 2.75) is 6.42 Å². The molecule has 2 heterocycles. The quantitative estimate of drug-likeness (QED) is 0.359. The summed E-state index contributed by atoms with van der Waals surface area (Å²) < 4.78 is 9.88. The highest BCUT2D eigenvalue weighted by Gasteiger charge is 2.20. The molecule has 0 spiro atoms. The van der Waals surface area contributed by atoms with Gasteiger partial charge < -0.3 is 15.0 Å². The number of anilines is 1. The van der Waals surface area contributed by atoms with Crippen molar-refractivity contribution in [2.75, 3.05) is 51.3 Å². The van der Waals surface area contributed by atoms with Crippen molar-refractivity contribution in [3.63, 3.8) is 0 Å². The van der Waals surface area contributed by atoms with Crippen molar-refractivity contribution >= 4 is 22.6 Å². The molecule has 1 aliphatic rings. The number of ether oxygens (including phenoxy) is 1. The van der Waals surface area contributed by atoms with Gasteiger partial charge in [0.2, 0.25) is 5.13 Å². The highest BCUT2D eigenvalue weighted by Crippen LogP contribution is 2.22. The number of nitrogens with one attached hydrogen (secondary N) is 1. The van der Waals surface area contributed by atoms with E-state index < -0.39 is 0 Å². The zero-order chi connectivity index (χ0) is 25.5. The summed E-state index contributed by atoms with van der Waals surface area (Å²) in [7, 11) is 1.68. The predicted molar refractivity (Wildman–Crippen MR) is 149 cm³/mol. The van der Waals surface area contributed by atoms with E-state index in [2.05, 4.69) is 37.7 Å². The SMILES string of the molecule is COc1cccc(Cc2nsc(N3CCN(CCNC(=O)c4ccc(-c5ccccc5)cc4)CC3)n2)c1. The first-order valence-corrected chi connectivity index (χ1v) is 13.3. The molecule has 0 saturated carbocycles. The molecule has 0 unspecified atom stereocenters. The van der Waals surface area contributed by atoms with E-state index in [4.69, 9.17) is 9.72 Å². The standard InChI is InChI=1S/C29H31N5O2S/c1-36-26-9-5-6-22(20-26)21-27-31-29(37-32-27)34-18-16-33(17-19-34)15-14-30-28(35)25-12-10-24(11-13-25)23-7-3-2-4-8-23/h2-13,20H,14-19,21H2,1H3,(H,30,35). The van der Waals surface area contributed by atoms with Crippen LogP contribution in [0.1, 0.15) is 21.7 Å². The zero-order valence-corrected chi connectivity index (χ0v) is 21.8. The summed E-state index contributed by atoms with van der Waals surface area (Å²) in [6, 6.07) is 26.0. The monoisotopic (exact) mass is 513 g/mol. The van der Waals surface area contributed by atoms with Crippen molar-refractivity contribution in [2.24, 2.45) is 0 Å². The third-order valence-corrected chi connectivity index (χ3v) is 7.38. The van der Waals surface area contributed by atoms with Crippen LogP contribution in [-0.2, 0) is 6.42 Å². The van der Waals surface area contributed by atoms with Gasteiger partial charge in [-0.2, -0.15) is 4.37 Å². The van der Waals surface area contributed by atoms with E-state index in [1.807, 2.05) is 60.7 Å². The highest BCUT2D eigenvalue weighted by molar-refractivity contribution is 7.09. The summed E-state index contributed by atoms with van der Waals surface area (Å²) in [6.45, 7) is 5.14. The Bertz CT molecular complexity index is 1300. The molecule has 0 bridgehead atoms. The van der Waals surface area contributed by atoms with Gasteiger partial charge in [-0.1, -0.05) is 54.6 Å². The van der Waals surface area contributed by atoms with Crippen LogP contribution >= 0.6 is 11.5 Å². The molecule has 1 aromatic heterocycles. The maximum Gasteiger partial charge on any atom is 0.251 e. The topological polar surface area (TPSA) is 70.6 Å². The van der Waals surface area contributed by atoms with Gasteiger partial charge in [-0.15, -0.1) is 0 Å². The van der Waals surface area contributed by atoms with Crippen LogP contribution in [0.25, 0.3) is 11.1 Å². The molecule has 1 fully saturated rings. The summed E-state index contributed by atoms with van der Waals surface area (Å²) in [5.41, 5.74) is 4.08. The second-order valence-corrected chi connectivity index (χ2v) is 9.78. The first-order chi connectivity index (χ1) is 18.2. The summed E-state index contributed by atoms with van der Waals surface area (Å²) >= 11 is 1.46. The molecule has 8 heteroatoms. The number of hydrogen-bond acceptors (Lipinski definition) is 7. The number of aromatic nitrogens is 2. The molecule has 3 aromatic carbocycles. The third-order valence-electron chi connectivity index (χ3n) is 6.56. The predicted octanol–water partition coefficient (Wildman–Crippen LogP) is 4.36. The molecule has 190 valence electrons. The van der Waals surface area contributed by atoms with Gasteiger partial charge in [0.15, 0.2) is 0 Å². The Balaban J connectivity index is 1.05. The molecule has 4 aromatic rings. The molecule has 1 amide bonds. The summed E-state index contributed by atoms with van der Waals surface area (Å²) in [5, 5.41) is 4.04. The van der Waals surface area contributed by atoms with E-state index in [1.54, 1.807) is 7.11 Å². The second-order valence-electron chi connectivity index (χ2n) is 9.05. The van der Waals surface area contributed by atoms with E-state index in [0.29, 0.717) is 18.5 Å². The van der Waals surface area contributed by atoms with Crippen LogP contribution in [0.4, 0.5) is 5.13 Å². The number of nitrogens with zero attached hydrogens (tertiary/aromatic N) is 4. The summed E-state index contributed by atoms with van der Waals surface area (Å²) in [4.78, 5) is 22.0. The summed E-state index contributed by atoms with van der Waals surface area (Å²) in [5.74, 6) is 1.66. The van der Waals surface area contributed by atoms with Crippen LogP contribution in [0.15, 0.2) is 78.9 Å². The molecular formula is C29H31N5O2S. The van der Waals surface area contributed by atoms with Crippen molar-refractivity contribution in [3.8, 4) is 16.9 Å². The van der Waals surface area contributed by atoms with Crippen LogP contribution in [0, 0.1) is 0 Å². The van der Waals surface area contributed by atoms with Crippen LogP contribution in [0.3, 0.4) is 0 Å². The average molecular weight is 514 g/mol. The van der Waals surface area contributed by atoms with Gasteiger partial charge >= 0.3 is 0 Å². The fourth-order valence-electron chi connectivity index (χ4n) is 4.45. The largest absolute Gasteiger partial charge is 0.497 e. The molecule has 5 rings (SSSR count). The van der Waals surface area contributed by atoms with E-state index >= 15 is 0 Å². The van der Waals surface area contributed by atoms with E-state index in [1.165, 1.54) is 11.5 Å². The zero-order valence-electron chi connectivity index (χ0n) is 21.0. The number of rotatable bonds is 9. The fourth-order valence-corrected chi connectivity index (χ4v) is 5.18. The lowest BCUT2D eigenvalue weighted by atomic mass is 10.0. The molecule has 7 nitrogen and oxygen atoms in total. The molecule has 37 heavy (non-hydrogen) atoms. The second kappa shape index (κ2) is 12.0. The number of benzene rings is 3. The number of hydrogen-bond donors (Lipinski definition) is 1. The van der Waals surface area contributed by atoms with Gasteiger partial charge in [-0.05, 0) is 41.0 Å². The van der Waals surface area contributed by atoms with Gasteiger partial charge in [0.25, 0.3) is 5.91 Å². The van der Waals surface area contributed by atoms with Gasteiger partial charge in [-0.3, -0.25) is 9.69 Å². The Morgan fingerprint density at radius 1 is 0.946 bits per heavy atom. The number of carbonyl (C=O) groups excluding carboxylic acids is 1. The van der Waals surface area contributed by atoms with Crippen LogP contribution in [0.2, 0.25) is 0 Å². The molecule has 1 aliphatic heterocycles. The van der Waals surface area contributed by atoms with Gasteiger partial charge in [0.05, 0.1) is 7.11 Å². The van der Waals surface area contributed by atoms with E-state index in [9.17, 15) is 4.79 Å². The number of carbonyl (C=O) groups is 1. The lowest BCUT2D eigenvalue weighted by molar-refractivity contribution is 0.0948. The first kappa shape index (κ1) is 24.9. The molecule has 0 atom stereocenters. The van der Waals surface area contributed by atoms with Crippen molar-refractivity contribution in [3.05, 3.63) is 95.8 Å². The van der Waals surface area contributed by atoms with E-state index in [0.717, 1.165) is 66.1 Å². The number of methoxy groups -OCH3 is 1. The molecular weight excluding hydrogens is 482 g/mol. The molecule has 0 aliphatic carbocycles. The van der Waals surface area contributed by atoms with Crippen LogP contribution in [0.5, 0.6) is 5.75 Å². The highest BCUT2D eigenvalue weighted by atomic mass is 32.1. The normalized spacial score (nSPS) is 13.9. The lowest BCUT2D eigenvalue weighted by Crippen LogP contribution is -2.48. The number of amides is 1. The number of piperazine rings is 1. The lowest BCUT2D eigenvalue weighted by Gasteiger charge is -2.34. The Morgan fingerprint density at radius 2 is 1.70 bits per heavy atom. The maximum absolute atomic E-state index is 12.6. The van der Waals surface area contributed by atoms with Crippen molar-refractivity contribution < 1.29 is 9.53 Å². The summed E-state index contributed by atoms with van der Waals surface area (Å²) in [6.07, 6.45) is 0.697. The minimum Gasteiger partial charge on any atom is -0.497 e. The Morgan fingerprint density at radius 3 is 2.46 bits per heavy atom. The average Bonchev–Trinajstić information content (AvgIpc) is 3.42. The van der Waals surface area contributed by atoms with Crippen LogP contribution in [-0.4, -0.2) is 66.5 Å². The van der Waals surface area contributed by atoms with Gasteiger partial charge in [0, 0.05) is 62.8 Å². The van der Waals surface area contributed by atoms with Crippen LogP contribution < -0.4 is 15.0 Å². The van der Waals surface area contributed by atoms with Gasteiger partial charge in [0.1, 0.15) is 11.6 Å². The maximum atomic E-state index is 12.6. The Hall–Kier alpha value is -3.75. The smallest absolute Gasteiger partial charge is 0.251 e. The van der Waals surface area contributed by atoms with Crippen molar-refractivity contribution in [1.82, 2.24) is 19.6 Å². The van der Waals surface area contributed by atoms with Gasteiger partial charge in [-0.25, -0.2) is 4.98 Å². The minimum atomic E-state index is -0.0318. The Kier molecular flexibility index (Phi) is 8.08. The minimum absolute atomic E-state index is 0.0318.